The smallest absolute Gasteiger partial charge is 0.257 e. The molecule has 0 radical (unpaired) electrons. The van der Waals surface area contributed by atoms with Gasteiger partial charge in [-0.3, -0.25) is 10.1 Å². The highest BCUT2D eigenvalue weighted by Crippen LogP contribution is 2.26. The number of thiocarbonyl (C=S) groups is 1. The highest BCUT2D eigenvalue weighted by molar-refractivity contribution is 9.10. The number of likely N-dealkylation sites (N-methyl/N-ethyl adjacent to an activating group) is 1. The number of halogens is 1. The standard InChI is InChI=1S/C17H24BrN3O2S/c1-3-4-11-23-15-6-5-13(12-14(15)18)16(22)19-17(24)21-9-7-20(2)8-10-21/h5-6,12H,3-4,7-11H2,1-2H3,(H,19,22,24). The first-order valence-corrected chi connectivity index (χ1v) is 9.42. The number of hydrogen-bond donors (Lipinski definition) is 1. The Labute approximate surface area is 157 Å². The molecule has 5 nitrogen and oxygen atoms in total. The summed E-state index contributed by atoms with van der Waals surface area (Å²) < 4.78 is 6.46. The second-order valence-electron chi connectivity index (χ2n) is 5.90. The van der Waals surface area contributed by atoms with Gasteiger partial charge in [-0.2, -0.15) is 0 Å². The van der Waals surface area contributed by atoms with Gasteiger partial charge in [-0.15, -0.1) is 0 Å². The largest absolute Gasteiger partial charge is 0.492 e. The second-order valence-corrected chi connectivity index (χ2v) is 7.14. The third kappa shape index (κ3) is 5.43. The molecule has 1 amide bonds. The molecule has 0 atom stereocenters. The van der Waals surface area contributed by atoms with Crippen LogP contribution in [0.5, 0.6) is 5.75 Å². The molecule has 1 fully saturated rings. The van der Waals surface area contributed by atoms with Crippen LogP contribution in [0.15, 0.2) is 22.7 Å². The van der Waals surface area contributed by atoms with Crippen LogP contribution in [0.2, 0.25) is 0 Å². The first kappa shape index (κ1) is 19.1. The van der Waals surface area contributed by atoms with Crippen molar-refractivity contribution in [3.8, 4) is 5.75 Å². The van der Waals surface area contributed by atoms with Crippen molar-refractivity contribution in [1.82, 2.24) is 15.1 Å². The van der Waals surface area contributed by atoms with Crippen molar-refractivity contribution in [2.45, 2.75) is 19.8 Å². The monoisotopic (exact) mass is 413 g/mol. The Morgan fingerprint density at radius 1 is 1.33 bits per heavy atom. The van der Waals surface area contributed by atoms with Crippen LogP contribution in [0.1, 0.15) is 30.1 Å². The lowest BCUT2D eigenvalue weighted by Gasteiger charge is -2.33. The van der Waals surface area contributed by atoms with Crippen molar-refractivity contribution in [1.29, 1.82) is 0 Å². The fourth-order valence-electron chi connectivity index (χ4n) is 2.34. The van der Waals surface area contributed by atoms with Crippen LogP contribution in [0.25, 0.3) is 0 Å². The zero-order valence-electron chi connectivity index (χ0n) is 14.2. The van der Waals surface area contributed by atoms with E-state index in [9.17, 15) is 4.79 Å². The quantitative estimate of drug-likeness (QED) is 0.593. The minimum absolute atomic E-state index is 0.195. The Kier molecular flexibility index (Phi) is 7.45. The summed E-state index contributed by atoms with van der Waals surface area (Å²) in [6.07, 6.45) is 2.09. The summed E-state index contributed by atoms with van der Waals surface area (Å²) in [5.41, 5.74) is 0.557. The molecule has 132 valence electrons. The minimum atomic E-state index is -0.195. The molecule has 0 spiro atoms. The SMILES string of the molecule is CCCCOc1ccc(C(=O)NC(=S)N2CCN(C)CC2)cc1Br. The van der Waals surface area contributed by atoms with Crippen LogP contribution in [0.3, 0.4) is 0 Å². The maximum atomic E-state index is 12.4. The highest BCUT2D eigenvalue weighted by Gasteiger charge is 2.18. The molecule has 1 heterocycles. The number of rotatable bonds is 5. The second kappa shape index (κ2) is 9.34. The molecule has 2 rings (SSSR count). The fraction of sp³-hybridized carbons (Fsp3) is 0.529. The number of carbonyl (C=O) groups is 1. The number of hydrogen-bond acceptors (Lipinski definition) is 4. The van der Waals surface area contributed by atoms with E-state index in [0.29, 0.717) is 17.3 Å². The first-order chi connectivity index (χ1) is 11.5. The Bertz CT molecular complexity index is 589. The van der Waals surface area contributed by atoms with E-state index in [1.54, 1.807) is 12.1 Å². The summed E-state index contributed by atoms with van der Waals surface area (Å²) in [4.78, 5) is 16.7. The Morgan fingerprint density at radius 2 is 2.04 bits per heavy atom. The lowest BCUT2D eigenvalue weighted by molar-refractivity contribution is 0.0970. The van der Waals surface area contributed by atoms with Gasteiger partial charge < -0.3 is 14.5 Å². The topological polar surface area (TPSA) is 44.8 Å². The van der Waals surface area contributed by atoms with Gasteiger partial charge >= 0.3 is 0 Å². The molecule has 0 bridgehead atoms. The highest BCUT2D eigenvalue weighted by atomic mass is 79.9. The summed E-state index contributed by atoms with van der Waals surface area (Å²) in [6, 6.07) is 5.34. The molecule has 1 aliphatic rings. The maximum Gasteiger partial charge on any atom is 0.257 e. The Morgan fingerprint density at radius 3 is 2.67 bits per heavy atom. The number of piperazine rings is 1. The number of unbranched alkanes of at least 4 members (excludes halogenated alkanes) is 1. The van der Waals surface area contributed by atoms with Crippen molar-refractivity contribution in [2.24, 2.45) is 0 Å². The number of nitrogens with zero attached hydrogens (tertiary/aromatic N) is 2. The molecular formula is C17H24BrN3O2S. The van der Waals surface area contributed by atoms with E-state index >= 15 is 0 Å². The number of ether oxygens (including phenoxy) is 1. The molecule has 1 saturated heterocycles. The van der Waals surface area contributed by atoms with Gasteiger partial charge in [0.1, 0.15) is 5.75 Å². The summed E-state index contributed by atoms with van der Waals surface area (Å²) in [5, 5.41) is 3.31. The molecule has 0 saturated carbocycles. The van der Waals surface area contributed by atoms with Crippen molar-refractivity contribution in [2.75, 3.05) is 39.8 Å². The fourth-order valence-corrected chi connectivity index (χ4v) is 3.11. The van der Waals surface area contributed by atoms with Gasteiger partial charge in [0.2, 0.25) is 0 Å². The molecule has 1 N–H and O–H groups in total. The maximum absolute atomic E-state index is 12.4. The number of carbonyl (C=O) groups excluding carboxylic acids is 1. The van der Waals surface area contributed by atoms with Crippen molar-refractivity contribution in [3.05, 3.63) is 28.2 Å². The zero-order chi connectivity index (χ0) is 17.5. The lowest BCUT2D eigenvalue weighted by Crippen LogP contribution is -2.51. The predicted molar refractivity (Wildman–Crippen MR) is 104 cm³/mol. The third-order valence-electron chi connectivity index (χ3n) is 3.96. The molecule has 24 heavy (non-hydrogen) atoms. The van der Waals surface area contributed by atoms with E-state index < -0.39 is 0 Å². The van der Waals surface area contributed by atoms with Gasteiger partial charge in [0.05, 0.1) is 11.1 Å². The van der Waals surface area contributed by atoms with E-state index in [1.807, 2.05) is 11.0 Å². The molecule has 1 aromatic carbocycles. The summed E-state index contributed by atoms with van der Waals surface area (Å²) in [7, 11) is 2.08. The van der Waals surface area contributed by atoms with Gasteiger partial charge in [0.25, 0.3) is 5.91 Å². The third-order valence-corrected chi connectivity index (χ3v) is 4.94. The average Bonchev–Trinajstić information content (AvgIpc) is 2.57. The molecule has 0 unspecified atom stereocenters. The van der Waals surface area contributed by atoms with Crippen LogP contribution >= 0.6 is 28.1 Å². The number of nitrogens with one attached hydrogen (secondary N) is 1. The van der Waals surface area contributed by atoms with Crippen LogP contribution in [-0.2, 0) is 0 Å². The molecule has 0 aliphatic carbocycles. The van der Waals surface area contributed by atoms with Crippen LogP contribution in [0.4, 0.5) is 0 Å². The van der Waals surface area contributed by atoms with E-state index in [2.05, 4.69) is 40.1 Å². The van der Waals surface area contributed by atoms with Gasteiger partial charge in [0.15, 0.2) is 5.11 Å². The van der Waals surface area contributed by atoms with Gasteiger partial charge in [0, 0.05) is 31.7 Å². The summed E-state index contributed by atoms with van der Waals surface area (Å²) in [5.74, 6) is 0.557. The van der Waals surface area contributed by atoms with Gasteiger partial charge in [-0.05, 0) is 59.8 Å². The molecular weight excluding hydrogens is 390 g/mol. The normalized spacial score (nSPS) is 15.2. The first-order valence-electron chi connectivity index (χ1n) is 8.22. The van der Waals surface area contributed by atoms with Gasteiger partial charge in [-0.25, -0.2) is 0 Å². The van der Waals surface area contributed by atoms with E-state index in [1.165, 1.54) is 0 Å². The molecule has 1 aliphatic heterocycles. The van der Waals surface area contributed by atoms with Gasteiger partial charge in [-0.1, -0.05) is 13.3 Å². The van der Waals surface area contributed by atoms with E-state index in [4.69, 9.17) is 17.0 Å². The Hall–Kier alpha value is -1.18. The minimum Gasteiger partial charge on any atom is -0.492 e. The van der Waals surface area contributed by atoms with E-state index in [0.717, 1.165) is 49.2 Å². The zero-order valence-corrected chi connectivity index (χ0v) is 16.6. The van der Waals surface area contributed by atoms with E-state index in [-0.39, 0.29) is 5.91 Å². The lowest BCUT2D eigenvalue weighted by atomic mass is 10.2. The summed E-state index contributed by atoms with van der Waals surface area (Å²) >= 11 is 8.82. The molecule has 0 aromatic heterocycles. The summed E-state index contributed by atoms with van der Waals surface area (Å²) in [6.45, 7) is 6.37. The number of benzene rings is 1. The molecule has 7 heteroatoms. The van der Waals surface area contributed by atoms with Crippen LogP contribution < -0.4 is 10.1 Å². The Balaban J connectivity index is 1.92. The van der Waals surface area contributed by atoms with Crippen molar-refractivity contribution < 1.29 is 9.53 Å². The van der Waals surface area contributed by atoms with Crippen LogP contribution in [0, 0.1) is 0 Å². The number of amides is 1. The molecule has 1 aromatic rings. The average molecular weight is 414 g/mol. The van der Waals surface area contributed by atoms with Crippen molar-refractivity contribution >= 4 is 39.2 Å². The van der Waals surface area contributed by atoms with Crippen LogP contribution in [-0.4, -0.2) is 60.7 Å². The van der Waals surface area contributed by atoms with Crippen molar-refractivity contribution in [3.63, 3.8) is 0 Å². The predicted octanol–water partition coefficient (Wildman–Crippen LogP) is 2.89.